The molecule has 0 aliphatic heterocycles. The maximum absolute atomic E-state index is 6.19. The fourth-order valence-electron chi connectivity index (χ4n) is 1.92. The predicted molar refractivity (Wildman–Crippen MR) is 78.3 cm³/mol. The van der Waals surface area contributed by atoms with E-state index in [1.807, 2.05) is 32.3 Å². The molecule has 3 nitrogen and oxygen atoms in total. The molecule has 0 spiro atoms. The lowest BCUT2D eigenvalue weighted by Crippen LogP contribution is -2.21. The van der Waals surface area contributed by atoms with E-state index in [9.17, 15) is 0 Å². The Labute approximate surface area is 124 Å². The lowest BCUT2D eigenvalue weighted by molar-refractivity contribution is 0.604. The minimum Gasteiger partial charge on any atom is -0.308 e. The van der Waals surface area contributed by atoms with Crippen molar-refractivity contribution in [2.45, 2.75) is 6.04 Å². The second kappa shape index (κ2) is 5.61. The molecule has 1 unspecified atom stereocenters. The average molecular weight is 349 g/mol. The van der Waals surface area contributed by atoms with Crippen LogP contribution in [0.15, 0.2) is 28.9 Å². The number of nitrogens with one attached hydrogen (secondary N) is 1. The minimum atomic E-state index is -0.0448. The van der Waals surface area contributed by atoms with E-state index in [0.717, 1.165) is 15.7 Å². The Kier molecular flexibility index (Phi) is 4.33. The molecule has 1 heterocycles. The van der Waals surface area contributed by atoms with Crippen molar-refractivity contribution in [1.29, 1.82) is 0 Å². The number of rotatable bonds is 3. The Morgan fingerprint density at radius 1 is 1.39 bits per heavy atom. The molecular formula is C12H12BrCl2N3. The van der Waals surface area contributed by atoms with Crippen LogP contribution in [0.25, 0.3) is 0 Å². The summed E-state index contributed by atoms with van der Waals surface area (Å²) in [6.07, 6.45) is 1.64. The molecule has 2 rings (SSSR count). The summed E-state index contributed by atoms with van der Waals surface area (Å²) in [4.78, 5) is 0. The Bertz CT molecular complexity index is 549. The number of hydrogen-bond acceptors (Lipinski definition) is 2. The number of halogens is 3. The van der Waals surface area contributed by atoms with E-state index < -0.39 is 0 Å². The summed E-state index contributed by atoms with van der Waals surface area (Å²) in [6.45, 7) is 0. The van der Waals surface area contributed by atoms with Crippen molar-refractivity contribution in [3.05, 3.63) is 50.2 Å². The Balaban J connectivity index is 2.52. The van der Waals surface area contributed by atoms with Gasteiger partial charge in [-0.2, -0.15) is 5.10 Å². The molecule has 1 atom stereocenters. The molecule has 1 aromatic heterocycles. The first-order valence-electron chi connectivity index (χ1n) is 5.34. The van der Waals surface area contributed by atoms with E-state index in [4.69, 9.17) is 23.2 Å². The summed E-state index contributed by atoms with van der Waals surface area (Å²) in [6, 6.07) is 5.65. The van der Waals surface area contributed by atoms with E-state index in [1.54, 1.807) is 10.9 Å². The van der Waals surface area contributed by atoms with Crippen LogP contribution in [0.4, 0.5) is 0 Å². The van der Waals surface area contributed by atoms with Gasteiger partial charge in [-0.3, -0.25) is 4.68 Å². The number of benzene rings is 1. The topological polar surface area (TPSA) is 29.9 Å². The van der Waals surface area contributed by atoms with Crippen LogP contribution >= 0.6 is 39.1 Å². The van der Waals surface area contributed by atoms with E-state index in [0.29, 0.717) is 10.0 Å². The van der Waals surface area contributed by atoms with Crippen LogP contribution in [0.1, 0.15) is 17.3 Å². The highest BCUT2D eigenvalue weighted by Crippen LogP contribution is 2.33. The monoisotopic (exact) mass is 347 g/mol. The summed E-state index contributed by atoms with van der Waals surface area (Å²) < 4.78 is 2.71. The lowest BCUT2D eigenvalue weighted by Gasteiger charge is -2.19. The first-order chi connectivity index (χ1) is 8.54. The Morgan fingerprint density at radius 2 is 2.11 bits per heavy atom. The molecular weight excluding hydrogens is 337 g/mol. The van der Waals surface area contributed by atoms with Gasteiger partial charge < -0.3 is 5.32 Å². The smallest absolute Gasteiger partial charge is 0.0837 e. The van der Waals surface area contributed by atoms with Crippen LogP contribution in [0.5, 0.6) is 0 Å². The molecule has 0 bridgehead atoms. The first kappa shape index (κ1) is 13.9. The lowest BCUT2D eigenvalue weighted by atomic mass is 10.0. The molecule has 0 amide bonds. The quantitative estimate of drug-likeness (QED) is 0.914. The van der Waals surface area contributed by atoms with Crippen molar-refractivity contribution < 1.29 is 0 Å². The second-order valence-corrected chi connectivity index (χ2v) is 5.59. The van der Waals surface area contributed by atoms with E-state index >= 15 is 0 Å². The van der Waals surface area contributed by atoms with Crippen LogP contribution in [0.2, 0.25) is 10.0 Å². The van der Waals surface area contributed by atoms with Crippen molar-refractivity contribution in [2.24, 2.45) is 7.05 Å². The molecule has 2 aromatic rings. The first-order valence-corrected chi connectivity index (χ1v) is 6.89. The number of aromatic nitrogens is 2. The number of nitrogens with zero attached hydrogens (tertiary/aromatic N) is 2. The van der Waals surface area contributed by atoms with E-state index in [-0.39, 0.29) is 6.04 Å². The fraction of sp³-hybridized carbons (Fsp3) is 0.250. The third kappa shape index (κ3) is 2.57. The molecule has 0 aliphatic carbocycles. The average Bonchev–Trinajstić information content (AvgIpc) is 2.64. The van der Waals surface area contributed by atoms with Crippen molar-refractivity contribution in [3.8, 4) is 0 Å². The summed E-state index contributed by atoms with van der Waals surface area (Å²) >= 11 is 15.7. The molecule has 0 fully saturated rings. The molecule has 1 aromatic carbocycles. The van der Waals surface area contributed by atoms with Crippen molar-refractivity contribution >= 4 is 39.1 Å². The Hall–Kier alpha value is -0.550. The van der Waals surface area contributed by atoms with Crippen LogP contribution in [0.3, 0.4) is 0 Å². The standard InChI is InChI=1S/C12H12BrCl2N3/c1-16-11(12-10(15)6-17-18(12)2)8-4-3-7(14)5-9(8)13/h3-6,11,16H,1-2H3. The van der Waals surface area contributed by atoms with Gasteiger partial charge in [0, 0.05) is 16.5 Å². The van der Waals surface area contributed by atoms with Gasteiger partial charge >= 0.3 is 0 Å². The van der Waals surface area contributed by atoms with Gasteiger partial charge in [-0.1, -0.05) is 45.2 Å². The van der Waals surface area contributed by atoms with E-state index in [2.05, 4.69) is 26.3 Å². The summed E-state index contributed by atoms with van der Waals surface area (Å²) in [5.74, 6) is 0. The molecule has 6 heteroatoms. The highest BCUT2D eigenvalue weighted by atomic mass is 79.9. The van der Waals surface area contributed by atoms with E-state index in [1.165, 1.54) is 0 Å². The van der Waals surface area contributed by atoms with Crippen LogP contribution < -0.4 is 5.32 Å². The fourth-order valence-corrected chi connectivity index (χ4v) is 3.11. The molecule has 0 aliphatic rings. The zero-order valence-corrected chi connectivity index (χ0v) is 13.0. The normalized spacial score (nSPS) is 12.7. The highest BCUT2D eigenvalue weighted by Gasteiger charge is 2.21. The summed E-state index contributed by atoms with van der Waals surface area (Å²) in [5.41, 5.74) is 1.98. The molecule has 0 radical (unpaired) electrons. The third-order valence-corrected chi connectivity index (χ3v) is 3.99. The van der Waals surface area contributed by atoms with Crippen molar-refractivity contribution in [3.63, 3.8) is 0 Å². The maximum atomic E-state index is 6.19. The van der Waals surface area contributed by atoms with Gasteiger partial charge in [0.15, 0.2) is 0 Å². The number of aryl methyl sites for hydroxylation is 1. The molecule has 18 heavy (non-hydrogen) atoms. The van der Waals surface area contributed by atoms with Crippen LogP contribution in [0, 0.1) is 0 Å². The van der Waals surface area contributed by atoms with Gasteiger partial charge in [0.1, 0.15) is 0 Å². The van der Waals surface area contributed by atoms with Crippen LogP contribution in [-0.2, 0) is 7.05 Å². The Morgan fingerprint density at radius 3 is 2.61 bits per heavy atom. The van der Waals surface area contributed by atoms with Gasteiger partial charge in [-0.15, -0.1) is 0 Å². The summed E-state index contributed by atoms with van der Waals surface area (Å²) in [7, 11) is 3.75. The van der Waals surface area contributed by atoms with Gasteiger partial charge in [0.25, 0.3) is 0 Å². The van der Waals surface area contributed by atoms with Gasteiger partial charge in [-0.25, -0.2) is 0 Å². The molecule has 0 saturated heterocycles. The second-order valence-electron chi connectivity index (χ2n) is 3.89. The third-order valence-electron chi connectivity index (χ3n) is 2.77. The molecule has 96 valence electrons. The zero-order valence-electron chi connectivity index (χ0n) is 9.92. The summed E-state index contributed by atoms with van der Waals surface area (Å²) in [5, 5.41) is 8.73. The molecule has 1 N–H and O–H groups in total. The van der Waals surface area contributed by atoms with Crippen molar-refractivity contribution in [1.82, 2.24) is 15.1 Å². The van der Waals surface area contributed by atoms with Crippen LogP contribution in [-0.4, -0.2) is 16.8 Å². The SMILES string of the molecule is CNC(c1ccc(Cl)cc1Br)c1c(Cl)cnn1C. The largest absolute Gasteiger partial charge is 0.308 e. The molecule has 0 saturated carbocycles. The van der Waals surface area contributed by atoms with Crippen molar-refractivity contribution in [2.75, 3.05) is 7.05 Å². The number of hydrogen-bond donors (Lipinski definition) is 1. The van der Waals surface area contributed by atoms with Gasteiger partial charge in [-0.05, 0) is 24.7 Å². The van der Waals surface area contributed by atoms with Gasteiger partial charge in [0.05, 0.1) is 23.0 Å². The maximum Gasteiger partial charge on any atom is 0.0837 e. The zero-order chi connectivity index (χ0) is 13.3. The predicted octanol–water partition coefficient (Wildman–Crippen LogP) is 3.80. The highest BCUT2D eigenvalue weighted by molar-refractivity contribution is 9.10. The minimum absolute atomic E-state index is 0.0448. The van der Waals surface area contributed by atoms with Gasteiger partial charge in [0.2, 0.25) is 0 Å².